The fourth-order valence-electron chi connectivity index (χ4n) is 1.91. The molecular formula is C12H8N2O2. The van der Waals surface area contributed by atoms with Gasteiger partial charge >= 0.3 is 0 Å². The third-order valence-electron chi connectivity index (χ3n) is 2.64. The van der Waals surface area contributed by atoms with Crippen molar-refractivity contribution in [3.8, 4) is 0 Å². The molecule has 0 aliphatic carbocycles. The topological polar surface area (TPSA) is 62.0 Å². The number of fused-ring (bicyclic) bond motifs is 1. The lowest BCUT2D eigenvalue weighted by molar-refractivity contribution is -0.123. The number of carbonyl (C=O) groups excluding carboxylic acids is 2. The van der Waals surface area contributed by atoms with Gasteiger partial charge in [0.15, 0.2) is 0 Å². The minimum Gasteiger partial charge on any atom is -0.361 e. The van der Waals surface area contributed by atoms with E-state index in [0.29, 0.717) is 5.57 Å². The van der Waals surface area contributed by atoms with Crippen molar-refractivity contribution in [1.82, 2.24) is 10.3 Å². The molecule has 2 heterocycles. The van der Waals surface area contributed by atoms with Gasteiger partial charge in [-0.15, -0.1) is 0 Å². The van der Waals surface area contributed by atoms with Crippen molar-refractivity contribution in [2.45, 2.75) is 0 Å². The highest BCUT2D eigenvalue weighted by Crippen LogP contribution is 2.26. The van der Waals surface area contributed by atoms with Gasteiger partial charge in [-0.05, 0) is 6.07 Å². The summed E-state index contributed by atoms with van der Waals surface area (Å²) < 4.78 is 0. The van der Waals surface area contributed by atoms with Crippen LogP contribution >= 0.6 is 0 Å². The molecule has 4 nitrogen and oxygen atoms in total. The van der Waals surface area contributed by atoms with E-state index in [9.17, 15) is 9.59 Å². The normalized spacial score (nSPS) is 15.4. The van der Waals surface area contributed by atoms with Crippen LogP contribution in [0.25, 0.3) is 16.5 Å². The molecule has 0 bridgehead atoms. The van der Waals surface area contributed by atoms with Crippen molar-refractivity contribution >= 4 is 28.3 Å². The number of amides is 2. The molecule has 1 aliphatic heterocycles. The monoisotopic (exact) mass is 212 g/mol. The highest BCUT2D eigenvalue weighted by atomic mass is 16.2. The van der Waals surface area contributed by atoms with E-state index in [4.69, 9.17) is 0 Å². The summed E-state index contributed by atoms with van der Waals surface area (Å²) in [6.45, 7) is 0. The second-order valence-electron chi connectivity index (χ2n) is 3.62. The number of carbonyl (C=O) groups is 2. The van der Waals surface area contributed by atoms with Crippen molar-refractivity contribution in [3.05, 3.63) is 42.1 Å². The summed E-state index contributed by atoms with van der Waals surface area (Å²) in [5.74, 6) is -0.694. The molecule has 16 heavy (non-hydrogen) atoms. The molecule has 78 valence electrons. The molecule has 1 aromatic heterocycles. The predicted octanol–water partition coefficient (Wildman–Crippen LogP) is 1.21. The predicted molar refractivity (Wildman–Crippen MR) is 59.4 cm³/mol. The molecule has 2 amide bonds. The third-order valence-corrected chi connectivity index (χ3v) is 2.64. The second kappa shape index (κ2) is 3.06. The number of aromatic nitrogens is 1. The molecule has 0 saturated carbocycles. The summed E-state index contributed by atoms with van der Waals surface area (Å²) in [5.41, 5.74) is 2.13. The van der Waals surface area contributed by atoms with Gasteiger partial charge in [-0.3, -0.25) is 14.9 Å². The molecule has 0 fully saturated rings. The Morgan fingerprint density at radius 1 is 1.06 bits per heavy atom. The van der Waals surface area contributed by atoms with Crippen molar-refractivity contribution in [2.75, 3.05) is 0 Å². The summed E-state index contributed by atoms with van der Waals surface area (Å²) in [6.07, 6.45) is 3.08. The van der Waals surface area contributed by atoms with Crippen molar-refractivity contribution < 1.29 is 9.59 Å². The average molecular weight is 212 g/mol. The number of aromatic amines is 1. The Morgan fingerprint density at radius 3 is 2.62 bits per heavy atom. The van der Waals surface area contributed by atoms with Gasteiger partial charge in [-0.25, -0.2) is 0 Å². The molecule has 3 rings (SSSR count). The summed E-state index contributed by atoms with van der Waals surface area (Å²) >= 11 is 0. The van der Waals surface area contributed by atoms with Crippen LogP contribution in [0.1, 0.15) is 5.56 Å². The van der Waals surface area contributed by atoms with E-state index >= 15 is 0 Å². The Kier molecular flexibility index (Phi) is 1.71. The Labute approximate surface area is 91.0 Å². The van der Waals surface area contributed by atoms with Crippen LogP contribution in [0.5, 0.6) is 0 Å². The van der Waals surface area contributed by atoms with E-state index in [2.05, 4.69) is 10.3 Å². The maximum Gasteiger partial charge on any atom is 0.258 e. The number of rotatable bonds is 1. The number of hydrogen-bond donors (Lipinski definition) is 2. The molecule has 1 aliphatic rings. The standard InChI is InChI=1S/C12H8N2O2/c15-11-5-8(12(16)14-11)9-6-13-10-4-2-1-3-7(9)10/h1-6,13H,(H,14,15,16). The van der Waals surface area contributed by atoms with Crippen LogP contribution in [-0.2, 0) is 9.59 Å². The van der Waals surface area contributed by atoms with Crippen LogP contribution < -0.4 is 5.32 Å². The lowest BCUT2D eigenvalue weighted by atomic mass is 10.1. The summed E-state index contributed by atoms with van der Waals surface area (Å²) in [5, 5.41) is 3.18. The van der Waals surface area contributed by atoms with Gasteiger partial charge in [0.1, 0.15) is 0 Å². The maximum atomic E-state index is 11.5. The molecule has 4 heteroatoms. The van der Waals surface area contributed by atoms with Crippen molar-refractivity contribution in [3.63, 3.8) is 0 Å². The molecule has 0 atom stereocenters. The summed E-state index contributed by atoms with van der Waals surface area (Å²) in [4.78, 5) is 25.7. The van der Waals surface area contributed by atoms with E-state index in [-0.39, 0.29) is 11.8 Å². The lowest BCUT2D eigenvalue weighted by Gasteiger charge is -1.97. The maximum absolute atomic E-state index is 11.5. The smallest absolute Gasteiger partial charge is 0.258 e. The first-order chi connectivity index (χ1) is 7.75. The Bertz CT molecular complexity index is 637. The van der Waals surface area contributed by atoms with Gasteiger partial charge in [0.05, 0.1) is 5.57 Å². The van der Waals surface area contributed by atoms with Crippen LogP contribution in [-0.4, -0.2) is 16.8 Å². The van der Waals surface area contributed by atoms with E-state index < -0.39 is 0 Å². The fraction of sp³-hybridized carbons (Fsp3) is 0. The highest BCUT2D eigenvalue weighted by molar-refractivity contribution is 6.35. The largest absolute Gasteiger partial charge is 0.361 e. The van der Waals surface area contributed by atoms with Crippen LogP contribution in [0.3, 0.4) is 0 Å². The highest BCUT2D eigenvalue weighted by Gasteiger charge is 2.23. The van der Waals surface area contributed by atoms with E-state index in [1.54, 1.807) is 6.20 Å². The number of para-hydroxylation sites is 1. The summed E-state index contributed by atoms with van der Waals surface area (Å²) in [6, 6.07) is 7.65. The molecule has 0 radical (unpaired) electrons. The van der Waals surface area contributed by atoms with Gasteiger partial charge in [0.25, 0.3) is 11.8 Å². The Morgan fingerprint density at radius 2 is 1.88 bits per heavy atom. The quantitative estimate of drug-likeness (QED) is 0.698. The Balaban J connectivity index is 2.24. The van der Waals surface area contributed by atoms with Crippen LogP contribution in [0.4, 0.5) is 0 Å². The van der Waals surface area contributed by atoms with Crippen LogP contribution in [0.15, 0.2) is 36.5 Å². The molecular weight excluding hydrogens is 204 g/mol. The molecule has 0 spiro atoms. The first-order valence-electron chi connectivity index (χ1n) is 4.89. The lowest BCUT2D eigenvalue weighted by Crippen LogP contribution is -2.21. The molecule has 1 aromatic carbocycles. The first-order valence-corrected chi connectivity index (χ1v) is 4.89. The number of imide groups is 1. The molecule has 0 unspecified atom stereocenters. The minimum absolute atomic E-state index is 0.338. The van der Waals surface area contributed by atoms with E-state index in [1.165, 1.54) is 6.08 Å². The van der Waals surface area contributed by atoms with E-state index in [0.717, 1.165) is 16.5 Å². The van der Waals surface area contributed by atoms with Crippen LogP contribution in [0, 0.1) is 0 Å². The molecule has 2 N–H and O–H groups in total. The zero-order chi connectivity index (χ0) is 11.1. The minimum atomic E-state index is -0.356. The zero-order valence-electron chi connectivity index (χ0n) is 8.28. The molecule has 2 aromatic rings. The zero-order valence-corrected chi connectivity index (χ0v) is 8.28. The van der Waals surface area contributed by atoms with Crippen LogP contribution in [0.2, 0.25) is 0 Å². The Hall–Kier alpha value is -2.36. The van der Waals surface area contributed by atoms with Crippen molar-refractivity contribution in [2.24, 2.45) is 0 Å². The number of nitrogens with one attached hydrogen (secondary N) is 2. The van der Waals surface area contributed by atoms with E-state index in [1.807, 2.05) is 24.3 Å². The number of benzene rings is 1. The van der Waals surface area contributed by atoms with Gasteiger partial charge in [-0.2, -0.15) is 0 Å². The number of hydrogen-bond acceptors (Lipinski definition) is 2. The second-order valence-corrected chi connectivity index (χ2v) is 3.62. The van der Waals surface area contributed by atoms with Gasteiger partial charge in [0, 0.05) is 28.7 Å². The van der Waals surface area contributed by atoms with Crippen molar-refractivity contribution in [1.29, 1.82) is 0 Å². The third kappa shape index (κ3) is 1.16. The van der Waals surface area contributed by atoms with Gasteiger partial charge < -0.3 is 4.98 Å². The number of H-pyrrole nitrogens is 1. The molecule has 0 saturated heterocycles. The fourth-order valence-corrected chi connectivity index (χ4v) is 1.91. The summed E-state index contributed by atoms with van der Waals surface area (Å²) in [7, 11) is 0. The average Bonchev–Trinajstić information content (AvgIpc) is 2.81. The van der Waals surface area contributed by atoms with Gasteiger partial charge in [0.2, 0.25) is 0 Å². The first kappa shape index (κ1) is 8.91. The SMILES string of the molecule is O=C1C=C(c2c[nH]c3ccccc23)C(=O)N1. The van der Waals surface area contributed by atoms with Gasteiger partial charge in [-0.1, -0.05) is 18.2 Å².